The highest BCUT2D eigenvalue weighted by Gasteiger charge is 2.21. The van der Waals surface area contributed by atoms with Crippen LogP contribution < -0.4 is 15.6 Å². The number of ether oxygens (including phenoxy) is 1. The van der Waals surface area contributed by atoms with Gasteiger partial charge in [-0.15, -0.1) is 11.8 Å². The number of nitrogens with one attached hydrogen (secondary N) is 2. The second-order valence-electron chi connectivity index (χ2n) is 9.43. The standard InChI is InChI=1S/C29H34N4O3S/c1-7-12-36-26-13-18(4)31-28(34)23(26)16-30-29(35)25-15-21(20-8-10-22(37-6)11-9-20)14-24-27(17(2)3)32-19(5)33(24)25/h8-11,13-15,17H,7,12,16H2,1-6H3,(H,30,35)(H,31,34). The van der Waals surface area contributed by atoms with Gasteiger partial charge in [-0.1, -0.05) is 32.9 Å². The van der Waals surface area contributed by atoms with Gasteiger partial charge in [0.25, 0.3) is 11.5 Å². The van der Waals surface area contributed by atoms with Crippen LogP contribution in [0.2, 0.25) is 0 Å². The van der Waals surface area contributed by atoms with Crippen molar-refractivity contribution < 1.29 is 9.53 Å². The van der Waals surface area contributed by atoms with Crippen LogP contribution in [0, 0.1) is 13.8 Å². The lowest BCUT2D eigenvalue weighted by atomic mass is 10.0. The summed E-state index contributed by atoms with van der Waals surface area (Å²) >= 11 is 1.69. The Bertz CT molecular complexity index is 1490. The van der Waals surface area contributed by atoms with Crippen LogP contribution in [0.4, 0.5) is 0 Å². The van der Waals surface area contributed by atoms with Crippen LogP contribution in [-0.4, -0.2) is 33.1 Å². The quantitative estimate of drug-likeness (QED) is 0.271. The lowest BCUT2D eigenvalue weighted by Crippen LogP contribution is -2.29. The summed E-state index contributed by atoms with van der Waals surface area (Å²) in [6.07, 6.45) is 2.86. The van der Waals surface area contributed by atoms with Gasteiger partial charge in [-0.3, -0.25) is 14.0 Å². The van der Waals surface area contributed by atoms with Crippen LogP contribution in [0.1, 0.15) is 66.4 Å². The number of carbonyl (C=O) groups excluding carboxylic acids is 1. The molecular formula is C29H34N4O3S. The van der Waals surface area contributed by atoms with E-state index in [-0.39, 0.29) is 23.9 Å². The predicted octanol–water partition coefficient (Wildman–Crippen LogP) is 5.87. The number of carbonyl (C=O) groups is 1. The molecule has 4 rings (SSSR count). The van der Waals surface area contributed by atoms with E-state index in [1.54, 1.807) is 17.8 Å². The zero-order valence-electron chi connectivity index (χ0n) is 22.3. The molecular weight excluding hydrogens is 484 g/mol. The van der Waals surface area contributed by atoms with Crippen molar-refractivity contribution in [3.05, 3.63) is 81.3 Å². The van der Waals surface area contributed by atoms with Crippen LogP contribution in [0.15, 0.2) is 52.2 Å². The summed E-state index contributed by atoms with van der Waals surface area (Å²) in [7, 11) is 0. The van der Waals surface area contributed by atoms with Crippen LogP contribution in [0.25, 0.3) is 16.6 Å². The minimum Gasteiger partial charge on any atom is -0.493 e. The molecule has 194 valence electrons. The van der Waals surface area contributed by atoms with E-state index in [1.165, 1.54) is 4.90 Å². The van der Waals surface area contributed by atoms with E-state index >= 15 is 0 Å². The highest BCUT2D eigenvalue weighted by molar-refractivity contribution is 7.98. The Balaban J connectivity index is 1.76. The number of nitrogens with zero attached hydrogens (tertiary/aromatic N) is 2. The van der Waals surface area contributed by atoms with Gasteiger partial charge in [0.15, 0.2) is 0 Å². The molecule has 0 aliphatic carbocycles. The molecule has 0 aliphatic rings. The number of thioether (sulfide) groups is 1. The minimum absolute atomic E-state index is 0.0480. The van der Waals surface area contributed by atoms with Gasteiger partial charge >= 0.3 is 0 Å². The normalized spacial score (nSPS) is 11.3. The van der Waals surface area contributed by atoms with Crippen molar-refractivity contribution in [3.63, 3.8) is 0 Å². The summed E-state index contributed by atoms with van der Waals surface area (Å²) in [6, 6.07) is 14.1. The Kier molecular flexibility index (Phi) is 8.07. The fourth-order valence-electron chi connectivity index (χ4n) is 4.41. The zero-order valence-corrected chi connectivity index (χ0v) is 23.1. The van der Waals surface area contributed by atoms with Gasteiger partial charge in [0.05, 0.1) is 29.9 Å². The Labute approximate surface area is 221 Å². The van der Waals surface area contributed by atoms with E-state index in [0.717, 1.165) is 34.6 Å². The average Bonchev–Trinajstić information content (AvgIpc) is 3.22. The monoisotopic (exact) mass is 518 g/mol. The summed E-state index contributed by atoms with van der Waals surface area (Å²) in [5, 5.41) is 2.96. The number of imidazole rings is 1. The van der Waals surface area contributed by atoms with Gasteiger partial charge < -0.3 is 15.0 Å². The van der Waals surface area contributed by atoms with Crippen LogP contribution >= 0.6 is 11.8 Å². The molecule has 1 aromatic carbocycles. The van der Waals surface area contributed by atoms with Crippen LogP contribution in [0.5, 0.6) is 5.75 Å². The lowest BCUT2D eigenvalue weighted by Gasteiger charge is -2.14. The number of rotatable bonds is 9. The van der Waals surface area contributed by atoms with Crippen LogP contribution in [0.3, 0.4) is 0 Å². The van der Waals surface area contributed by atoms with Crippen molar-refractivity contribution >= 4 is 23.2 Å². The molecule has 0 bridgehead atoms. The van der Waals surface area contributed by atoms with E-state index in [9.17, 15) is 9.59 Å². The molecule has 0 fully saturated rings. The number of pyridine rings is 2. The van der Waals surface area contributed by atoms with Gasteiger partial charge in [0.1, 0.15) is 17.3 Å². The molecule has 2 N–H and O–H groups in total. The summed E-state index contributed by atoms with van der Waals surface area (Å²) in [4.78, 5) is 35.1. The second kappa shape index (κ2) is 11.3. The Morgan fingerprint density at radius 3 is 2.51 bits per heavy atom. The van der Waals surface area contributed by atoms with E-state index in [2.05, 4.69) is 54.5 Å². The molecule has 1 amide bonds. The topological polar surface area (TPSA) is 88.5 Å². The molecule has 0 radical (unpaired) electrons. The van der Waals surface area contributed by atoms with E-state index in [0.29, 0.717) is 29.3 Å². The molecule has 3 heterocycles. The Morgan fingerprint density at radius 1 is 1.14 bits per heavy atom. The number of hydrogen-bond donors (Lipinski definition) is 2. The molecule has 0 spiro atoms. The summed E-state index contributed by atoms with van der Waals surface area (Å²) in [6.45, 7) is 10.5. The largest absolute Gasteiger partial charge is 0.493 e. The van der Waals surface area contributed by atoms with Crippen molar-refractivity contribution in [1.82, 2.24) is 19.7 Å². The molecule has 37 heavy (non-hydrogen) atoms. The minimum atomic E-state index is -0.287. The number of hydrogen-bond acceptors (Lipinski definition) is 5. The molecule has 0 atom stereocenters. The first-order chi connectivity index (χ1) is 17.7. The first-order valence-electron chi connectivity index (χ1n) is 12.5. The number of benzene rings is 1. The van der Waals surface area contributed by atoms with Crippen molar-refractivity contribution in [2.45, 2.75) is 58.4 Å². The van der Waals surface area contributed by atoms with Gasteiger partial charge in [0, 0.05) is 10.6 Å². The SMILES string of the molecule is CCCOc1cc(C)[nH]c(=O)c1CNC(=O)c1cc(-c2ccc(SC)cc2)cc2c(C(C)C)nc(C)n12. The Morgan fingerprint density at radius 2 is 1.86 bits per heavy atom. The van der Waals surface area contributed by atoms with Gasteiger partial charge in [-0.05, 0) is 73.9 Å². The highest BCUT2D eigenvalue weighted by atomic mass is 32.2. The maximum absolute atomic E-state index is 13.6. The number of aryl methyl sites for hydroxylation is 2. The maximum atomic E-state index is 13.6. The molecule has 0 saturated carbocycles. The fraction of sp³-hybridized carbons (Fsp3) is 0.345. The summed E-state index contributed by atoms with van der Waals surface area (Å²) in [5.74, 6) is 1.15. The van der Waals surface area contributed by atoms with E-state index < -0.39 is 0 Å². The molecule has 0 unspecified atom stereocenters. The molecule has 0 aliphatic heterocycles. The summed E-state index contributed by atoms with van der Waals surface area (Å²) in [5.41, 5.74) is 5.13. The third kappa shape index (κ3) is 5.59. The third-order valence-electron chi connectivity index (χ3n) is 6.25. The predicted molar refractivity (Wildman–Crippen MR) is 150 cm³/mol. The van der Waals surface area contributed by atoms with Gasteiger partial charge in [-0.25, -0.2) is 4.98 Å². The molecule has 3 aromatic heterocycles. The maximum Gasteiger partial charge on any atom is 0.268 e. The lowest BCUT2D eigenvalue weighted by molar-refractivity contribution is 0.0944. The van der Waals surface area contributed by atoms with Crippen molar-refractivity contribution in [2.24, 2.45) is 0 Å². The molecule has 4 aromatic rings. The van der Waals surface area contributed by atoms with E-state index in [1.807, 2.05) is 37.5 Å². The van der Waals surface area contributed by atoms with Gasteiger partial charge in [-0.2, -0.15) is 0 Å². The average molecular weight is 519 g/mol. The first kappa shape index (κ1) is 26.5. The smallest absolute Gasteiger partial charge is 0.268 e. The van der Waals surface area contributed by atoms with Crippen molar-refractivity contribution in [2.75, 3.05) is 12.9 Å². The fourth-order valence-corrected chi connectivity index (χ4v) is 4.82. The number of fused-ring (bicyclic) bond motifs is 1. The van der Waals surface area contributed by atoms with Crippen molar-refractivity contribution in [1.29, 1.82) is 0 Å². The van der Waals surface area contributed by atoms with Crippen molar-refractivity contribution in [3.8, 4) is 16.9 Å². The van der Waals surface area contributed by atoms with Crippen LogP contribution in [-0.2, 0) is 6.54 Å². The second-order valence-corrected chi connectivity index (χ2v) is 10.3. The van der Waals surface area contributed by atoms with Gasteiger partial charge in [0.2, 0.25) is 0 Å². The molecule has 7 nitrogen and oxygen atoms in total. The first-order valence-corrected chi connectivity index (χ1v) is 13.8. The zero-order chi connectivity index (χ0) is 26.7. The number of aromatic amines is 1. The molecule has 0 saturated heterocycles. The van der Waals surface area contributed by atoms with E-state index in [4.69, 9.17) is 9.72 Å². The summed E-state index contributed by atoms with van der Waals surface area (Å²) < 4.78 is 7.71. The number of H-pyrrole nitrogens is 1. The molecule has 8 heteroatoms. The number of aromatic nitrogens is 3. The Hall–Kier alpha value is -3.52. The number of amides is 1. The third-order valence-corrected chi connectivity index (χ3v) is 7.00. The highest BCUT2D eigenvalue weighted by Crippen LogP contribution is 2.30.